The van der Waals surface area contributed by atoms with E-state index in [1.54, 1.807) is 17.2 Å². The van der Waals surface area contributed by atoms with Crippen LogP contribution in [0.4, 0.5) is 4.39 Å². The van der Waals surface area contributed by atoms with E-state index in [2.05, 4.69) is 27.5 Å². The third kappa shape index (κ3) is 5.74. The summed E-state index contributed by atoms with van der Waals surface area (Å²) in [5.74, 6) is 0.124. The molecule has 43 heavy (non-hydrogen) atoms. The SMILES string of the molecule is CC(C)N(C(=O)c1cc(F)ccc1-n1cc(/C2=C/CCN(C(=O)[C@@H]3NC4CCC3CC4)CCC2)c2ccncc21)C(C)C. The van der Waals surface area contributed by atoms with Gasteiger partial charge >= 0.3 is 0 Å². The van der Waals surface area contributed by atoms with Crippen molar-refractivity contribution in [3.63, 3.8) is 0 Å². The Bertz CT molecular complexity index is 1530. The zero-order valence-electron chi connectivity index (χ0n) is 25.9. The average Bonchev–Trinajstić information content (AvgIpc) is 3.36. The summed E-state index contributed by atoms with van der Waals surface area (Å²) in [5.41, 5.74) is 4.17. The Hall–Kier alpha value is -3.52. The lowest BCUT2D eigenvalue weighted by molar-refractivity contribution is -0.137. The van der Waals surface area contributed by atoms with Gasteiger partial charge < -0.3 is 19.7 Å². The van der Waals surface area contributed by atoms with Crippen LogP contribution in [-0.4, -0.2) is 68.4 Å². The van der Waals surface area contributed by atoms with Gasteiger partial charge in [0.05, 0.1) is 29.0 Å². The average molecular weight is 586 g/mol. The van der Waals surface area contributed by atoms with E-state index in [1.165, 1.54) is 43.4 Å². The highest BCUT2D eigenvalue weighted by atomic mass is 19.1. The van der Waals surface area contributed by atoms with Crippen molar-refractivity contribution in [2.45, 2.75) is 96.8 Å². The van der Waals surface area contributed by atoms with Crippen molar-refractivity contribution in [3.8, 4) is 5.69 Å². The number of carbonyl (C=O) groups is 2. The van der Waals surface area contributed by atoms with E-state index >= 15 is 0 Å². The van der Waals surface area contributed by atoms with Crippen LogP contribution in [0.3, 0.4) is 0 Å². The highest BCUT2D eigenvalue weighted by Crippen LogP contribution is 2.36. The van der Waals surface area contributed by atoms with Gasteiger partial charge in [0.15, 0.2) is 0 Å². The third-order valence-electron chi connectivity index (χ3n) is 9.65. The lowest BCUT2D eigenvalue weighted by atomic mass is 9.76. The Morgan fingerprint density at radius 1 is 1.05 bits per heavy atom. The molecule has 1 atom stereocenters. The van der Waals surface area contributed by atoms with Gasteiger partial charge in [0.2, 0.25) is 5.91 Å². The minimum Gasteiger partial charge on any atom is -0.341 e. The smallest absolute Gasteiger partial charge is 0.256 e. The van der Waals surface area contributed by atoms with E-state index in [1.807, 2.05) is 44.5 Å². The maximum absolute atomic E-state index is 14.6. The molecule has 228 valence electrons. The van der Waals surface area contributed by atoms with E-state index in [9.17, 15) is 14.0 Å². The molecular formula is C35H44FN5O2. The first-order valence-electron chi connectivity index (χ1n) is 16.0. The van der Waals surface area contributed by atoms with Crippen LogP contribution in [0.25, 0.3) is 22.2 Å². The van der Waals surface area contributed by atoms with E-state index in [0.29, 0.717) is 23.2 Å². The monoisotopic (exact) mass is 585 g/mol. The molecule has 1 saturated carbocycles. The van der Waals surface area contributed by atoms with Gasteiger partial charge in [-0.15, -0.1) is 0 Å². The number of rotatable bonds is 6. The maximum Gasteiger partial charge on any atom is 0.256 e. The number of piperidine rings is 2. The van der Waals surface area contributed by atoms with Crippen LogP contribution in [0.1, 0.15) is 88.6 Å². The van der Waals surface area contributed by atoms with E-state index < -0.39 is 5.82 Å². The summed E-state index contributed by atoms with van der Waals surface area (Å²) in [6.07, 6.45) is 15.2. The molecule has 8 heteroatoms. The van der Waals surface area contributed by atoms with Crippen molar-refractivity contribution in [2.24, 2.45) is 5.92 Å². The molecule has 3 fully saturated rings. The molecule has 2 aromatic heterocycles. The number of pyridine rings is 1. The molecule has 5 heterocycles. The van der Waals surface area contributed by atoms with Gasteiger partial charge in [-0.1, -0.05) is 6.08 Å². The number of nitrogens with one attached hydrogen (secondary N) is 1. The van der Waals surface area contributed by atoms with Crippen LogP contribution in [0.5, 0.6) is 0 Å². The molecule has 4 aliphatic rings. The van der Waals surface area contributed by atoms with Crippen LogP contribution in [-0.2, 0) is 4.79 Å². The summed E-state index contributed by atoms with van der Waals surface area (Å²) >= 11 is 0. The number of fused-ring (bicyclic) bond motifs is 4. The van der Waals surface area contributed by atoms with Crippen LogP contribution in [0.2, 0.25) is 0 Å². The number of carbonyl (C=O) groups excluding carboxylic acids is 2. The van der Waals surface area contributed by atoms with E-state index in [-0.39, 0.29) is 29.9 Å². The number of halogens is 1. The zero-order valence-corrected chi connectivity index (χ0v) is 25.9. The Kier molecular flexibility index (Phi) is 8.40. The summed E-state index contributed by atoms with van der Waals surface area (Å²) < 4.78 is 16.6. The molecule has 0 spiro atoms. The topological polar surface area (TPSA) is 70.5 Å². The third-order valence-corrected chi connectivity index (χ3v) is 9.65. The fourth-order valence-corrected chi connectivity index (χ4v) is 7.64. The van der Waals surface area contributed by atoms with Crippen molar-refractivity contribution >= 4 is 28.3 Å². The molecule has 7 rings (SSSR count). The van der Waals surface area contributed by atoms with E-state index in [4.69, 9.17) is 0 Å². The fraction of sp³-hybridized carbons (Fsp3) is 0.514. The number of amides is 2. The van der Waals surface area contributed by atoms with Gasteiger partial charge in [-0.2, -0.15) is 0 Å². The highest BCUT2D eigenvalue weighted by molar-refractivity contribution is 6.00. The predicted octanol–water partition coefficient (Wildman–Crippen LogP) is 6.35. The van der Waals surface area contributed by atoms with Crippen LogP contribution >= 0.6 is 0 Å². The molecule has 3 aliphatic heterocycles. The van der Waals surface area contributed by atoms with Crippen LogP contribution < -0.4 is 5.32 Å². The summed E-state index contributed by atoms with van der Waals surface area (Å²) in [6.45, 7) is 9.40. The second-order valence-electron chi connectivity index (χ2n) is 13.1. The highest BCUT2D eigenvalue weighted by Gasteiger charge is 2.40. The number of nitrogens with zero attached hydrogens (tertiary/aromatic N) is 4. The first-order chi connectivity index (χ1) is 20.7. The Labute approximate surface area is 254 Å². The molecule has 7 nitrogen and oxygen atoms in total. The van der Waals surface area contributed by atoms with Crippen molar-refractivity contribution in [2.75, 3.05) is 13.1 Å². The summed E-state index contributed by atoms with van der Waals surface area (Å²) in [4.78, 5) is 35.6. The lowest BCUT2D eigenvalue weighted by Gasteiger charge is -2.44. The molecule has 3 aromatic rings. The number of allylic oxidation sites excluding steroid dienone is 1. The van der Waals surface area contributed by atoms with Crippen molar-refractivity contribution < 1.29 is 14.0 Å². The summed E-state index contributed by atoms with van der Waals surface area (Å²) in [7, 11) is 0. The quantitative estimate of drug-likeness (QED) is 0.366. The standard InChI is InChI=1S/C35H44FN5O2/c1-22(2)41(23(3)4)34(42)29-19-26(36)11-14-31(29)40-21-30(28-15-16-37-20-32(28)40)24-7-5-17-39(18-6-8-24)35(43)33-25-9-12-27(38-33)13-10-25/h7,11,14-16,19-23,25,27,33,38H,5-6,8-10,12-13,17-18H2,1-4H3/b24-7+/t25?,27?,33-/m1/s1. The summed E-state index contributed by atoms with van der Waals surface area (Å²) in [6, 6.07) is 6.90. The molecule has 0 unspecified atom stereocenters. The molecule has 1 N–H and O–H groups in total. The second-order valence-corrected chi connectivity index (χ2v) is 13.1. The van der Waals surface area contributed by atoms with E-state index in [0.717, 1.165) is 48.8 Å². The van der Waals surface area contributed by atoms with Crippen molar-refractivity contribution in [3.05, 3.63) is 65.9 Å². The van der Waals surface area contributed by atoms with Gasteiger partial charge in [-0.25, -0.2) is 4.39 Å². The molecule has 1 aromatic carbocycles. The normalized spacial score (nSPS) is 23.7. The number of hydrogen-bond donors (Lipinski definition) is 1. The summed E-state index contributed by atoms with van der Waals surface area (Å²) in [5, 5.41) is 4.67. The van der Waals surface area contributed by atoms with Crippen molar-refractivity contribution in [1.82, 2.24) is 24.7 Å². The Morgan fingerprint density at radius 3 is 2.51 bits per heavy atom. The Balaban J connectivity index is 1.30. The second kappa shape index (κ2) is 12.2. The largest absolute Gasteiger partial charge is 0.341 e. The first kappa shape index (κ1) is 29.5. The minimum atomic E-state index is -0.438. The molecular weight excluding hydrogens is 541 g/mol. The minimum absolute atomic E-state index is 0.0178. The number of benzene rings is 1. The lowest BCUT2D eigenvalue weighted by Crippen LogP contribution is -2.59. The molecule has 0 radical (unpaired) electrons. The van der Waals surface area contributed by atoms with Crippen LogP contribution in [0, 0.1) is 11.7 Å². The number of aromatic nitrogens is 2. The Morgan fingerprint density at radius 2 is 1.81 bits per heavy atom. The van der Waals surface area contributed by atoms with Gasteiger partial charge in [0.1, 0.15) is 5.82 Å². The molecule has 2 saturated heterocycles. The van der Waals surface area contributed by atoms with Gasteiger partial charge in [0, 0.05) is 54.6 Å². The zero-order chi connectivity index (χ0) is 30.2. The van der Waals surface area contributed by atoms with Gasteiger partial charge in [0.25, 0.3) is 5.91 Å². The maximum atomic E-state index is 14.6. The van der Waals surface area contributed by atoms with Gasteiger partial charge in [-0.3, -0.25) is 14.6 Å². The molecule has 2 bridgehead atoms. The van der Waals surface area contributed by atoms with Gasteiger partial charge in [-0.05, 0) is 108 Å². The fourth-order valence-electron chi connectivity index (χ4n) is 7.64. The molecule has 1 aliphatic carbocycles. The van der Waals surface area contributed by atoms with Crippen LogP contribution in [0.15, 0.2) is 48.9 Å². The molecule has 2 amide bonds. The van der Waals surface area contributed by atoms with Crippen molar-refractivity contribution in [1.29, 1.82) is 0 Å². The number of hydrogen-bond acceptors (Lipinski definition) is 4. The predicted molar refractivity (Wildman–Crippen MR) is 169 cm³/mol. The first-order valence-corrected chi connectivity index (χ1v) is 16.0.